The molecule has 1 aromatic carbocycles. The van der Waals surface area contributed by atoms with Crippen LogP contribution in [0.4, 0.5) is 11.4 Å². The molecule has 0 unspecified atom stereocenters. The summed E-state index contributed by atoms with van der Waals surface area (Å²) < 4.78 is 0. The molecule has 0 aliphatic rings. The normalized spacial score (nSPS) is 10.1. The molecule has 0 atom stereocenters. The Hall–Kier alpha value is -1.71. The third-order valence-electron chi connectivity index (χ3n) is 2.56. The summed E-state index contributed by atoms with van der Waals surface area (Å²) in [6.45, 7) is 2.99. The molecule has 0 radical (unpaired) electrons. The van der Waals surface area contributed by atoms with Crippen LogP contribution in [0, 0.1) is 0 Å². The molecule has 0 heterocycles. The van der Waals surface area contributed by atoms with Gasteiger partial charge in [-0.3, -0.25) is 4.79 Å². The number of primary amides is 1. The Bertz CT molecular complexity index is 377. The van der Waals surface area contributed by atoms with Crippen molar-refractivity contribution in [1.29, 1.82) is 0 Å². The average molecular weight is 221 g/mol. The largest absolute Gasteiger partial charge is 0.397 e. The fraction of sp³-hybridized carbons (Fsp3) is 0.417. The number of carbonyl (C=O) groups is 1. The summed E-state index contributed by atoms with van der Waals surface area (Å²) in [5.74, 6) is -0.439. The van der Waals surface area contributed by atoms with E-state index in [2.05, 4.69) is 6.92 Å². The van der Waals surface area contributed by atoms with Gasteiger partial charge in [-0.25, -0.2) is 0 Å². The van der Waals surface area contributed by atoms with Crippen molar-refractivity contribution in [2.45, 2.75) is 19.8 Å². The topological polar surface area (TPSA) is 72.3 Å². The molecule has 0 spiro atoms. The summed E-state index contributed by atoms with van der Waals surface area (Å²) in [4.78, 5) is 13.3. The molecule has 0 bridgehead atoms. The predicted molar refractivity (Wildman–Crippen MR) is 67.6 cm³/mol. The van der Waals surface area contributed by atoms with Crippen LogP contribution in [0.2, 0.25) is 0 Å². The standard InChI is InChI=1S/C12H19N3O/c1-3-4-8-15(2)11-9(12(14)16)6-5-7-10(11)13/h5-7H,3-4,8,13H2,1-2H3,(H2,14,16). The van der Waals surface area contributed by atoms with Crippen LogP contribution in [0.15, 0.2) is 18.2 Å². The fourth-order valence-electron chi connectivity index (χ4n) is 1.69. The van der Waals surface area contributed by atoms with Gasteiger partial charge in [0.15, 0.2) is 0 Å². The number of nitrogen functional groups attached to an aromatic ring is 1. The first-order valence-corrected chi connectivity index (χ1v) is 5.47. The highest BCUT2D eigenvalue weighted by molar-refractivity contribution is 6.01. The Kier molecular flexibility index (Phi) is 4.17. The van der Waals surface area contributed by atoms with E-state index in [0.29, 0.717) is 11.3 Å². The number of anilines is 2. The van der Waals surface area contributed by atoms with Crippen molar-refractivity contribution < 1.29 is 4.79 Å². The van der Waals surface area contributed by atoms with Crippen LogP contribution in [0.5, 0.6) is 0 Å². The third-order valence-corrected chi connectivity index (χ3v) is 2.56. The summed E-state index contributed by atoms with van der Waals surface area (Å²) in [7, 11) is 1.92. The van der Waals surface area contributed by atoms with Crippen LogP contribution >= 0.6 is 0 Å². The number of carbonyl (C=O) groups excluding carboxylic acids is 1. The molecule has 1 aromatic rings. The predicted octanol–water partition coefficient (Wildman–Crippen LogP) is 1.60. The van der Waals surface area contributed by atoms with E-state index < -0.39 is 5.91 Å². The Morgan fingerprint density at radius 2 is 2.12 bits per heavy atom. The van der Waals surface area contributed by atoms with E-state index in [0.717, 1.165) is 25.1 Å². The molecule has 4 N–H and O–H groups in total. The molecule has 1 amide bonds. The van der Waals surface area contributed by atoms with E-state index in [1.54, 1.807) is 18.2 Å². The number of nitrogens with two attached hydrogens (primary N) is 2. The van der Waals surface area contributed by atoms with Crippen LogP contribution in [0.1, 0.15) is 30.1 Å². The van der Waals surface area contributed by atoms with Crippen LogP contribution in [-0.4, -0.2) is 19.5 Å². The van der Waals surface area contributed by atoms with Gasteiger partial charge in [0.1, 0.15) is 0 Å². The van der Waals surface area contributed by atoms with Crippen molar-refractivity contribution in [1.82, 2.24) is 0 Å². The van der Waals surface area contributed by atoms with Crippen molar-refractivity contribution in [2.75, 3.05) is 24.2 Å². The maximum absolute atomic E-state index is 11.3. The highest BCUT2D eigenvalue weighted by atomic mass is 16.1. The summed E-state index contributed by atoms with van der Waals surface area (Å²) >= 11 is 0. The first kappa shape index (κ1) is 12.4. The second-order valence-corrected chi connectivity index (χ2v) is 3.88. The molecule has 0 saturated carbocycles. The molecule has 4 nitrogen and oxygen atoms in total. The number of para-hydroxylation sites is 1. The molecule has 4 heteroatoms. The Balaban J connectivity index is 3.04. The number of nitrogens with zero attached hydrogens (tertiary/aromatic N) is 1. The van der Waals surface area contributed by atoms with E-state index in [-0.39, 0.29) is 0 Å². The fourth-order valence-corrected chi connectivity index (χ4v) is 1.69. The number of amides is 1. The second-order valence-electron chi connectivity index (χ2n) is 3.88. The van der Waals surface area contributed by atoms with Gasteiger partial charge in [-0.1, -0.05) is 19.4 Å². The van der Waals surface area contributed by atoms with E-state index >= 15 is 0 Å². The van der Waals surface area contributed by atoms with Crippen LogP contribution < -0.4 is 16.4 Å². The average Bonchev–Trinajstić information content (AvgIpc) is 2.25. The summed E-state index contributed by atoms with van der Waals surface area (Å²) in [5.41, 5.74) is 13.0. The van der Waals surface area contributed by atoms with E-state index in [1.165, 1.54) is 0 Å². The molecule has 16 heavy (non-hydrogen) atoms. The highest BCUT2D eigenvalue weighted by Gasteiger charge is 2.14. The number of unbranched alkanes of at least 4 members (excludes halogenated alkanes) is 1. The zero-order valence-electron chi connectivity index (χ0n) is 9.86. The first-order valence-electron chi connectivity index (χ1n) is 5.47. The minimum atomic E-state index is -0.439. The second kappa shape index (κ2) is 5.39. The third kappa shape index (κ3) is 2.66. The Morgan fingerprint density at radius 3 is 2.69 bits per heavy atom. The van der Waals surface area contributed by atoms with Crippen LogP contribution in [0.25, 0.3) is 0 Å². The van der Waals surface area contributed by atoms with Gasteiger partial charge in [0.25, 0.3) is 5.91 Å². The molecular formula is C12H19N3O. The molecule has 0 saturated heterocycles. The number of benzene rings is 1. The Labute approximate surface area is 96.2 Å². The summed E-state index contributed by atoms with van der Waals surface area (Å²) in [5, 5.41) is 0. The SMILES string of the molecule is CCCCN(C)c1c(N)cccc1C(N)=O. The smallest absolute Gasteiger partial charge is 0.250 e. The van der Waals surface area contributed by atoms with Crippen molar-refractivity contribution in [3.63, 3.8) is 0 Å². The molecule has 0 aliphatic heterocycles. The van der Waals surface area contributed by atoms with Gasteiger partial charge in [0.05, 0.1) is 16.9 Å². The lowest BCUT2D eigenvalue weighted by Gasteiger charge is -2.23. The molecule has 0 aliphatic carbocycles. The van der Waals surface area contributed by atoms with Crippen molar-refractivity contribution in [2.24, 2.45) is 5.73 Å². The first-order chi connectivity index (χ1) is 7.57. The van der Waals surface area contributed by atoms with E-state index in [1.807, 2.05) is 11.9 Å². The minimum absolute atomic E-state index is 0.439. The van der Waals surface area contributed by atoms with E-state index in [9.17, 15) is 4.79 Å². The van der Waals surface area contributed by atoms with Gasteiger partial charge in [-0.05, 0) is 18.6 Å². The van der Waals surface area contributed by atoms with Gasteiger partial charge in [0.2, 0.25) is 0 Å². The molecule has 1 rings (SSSR count). The summed E-state index contributed by atoms with van der Waals surface area (Å²) in [6.07, 6.45) is 2.16. The monoisotopic (exact) mass is 221 g/mol. The lowest BCUT2D eigenvalue weighted by atomic mass is 10.1. The number of rotatable bonds is 5. The van der Waals surface area contributed by atoms with Gasteiger partial charge in [-0.2, -0.15) is 0 Å². The van der Waals surface area contributed by atoms with Crippen molar-refractivity contribution in [3.8, 4) is 0 Å². The maximum Gasteiger partial charge on any atom is 0.250 e. The summed E-state index contributed by atoms with van der Waals surface area (Å²) in [6, 6.07) is 5.23. The quantitative estimate of drug-likeness (QED) is 0.742. The van der Waals surface area contributed by atoms with Gasteiger partial charge < -0.3 is 16.4 Å². The maximum atomic E-state index is 11.3. The molecule has 0 fully saturated rings. The lowest BCUT2D eigenvalue weighted by Crippen LogP contribution is -2.24. The van der Waals surface area contributed by atoms with E-state index in [4.69, 9.17) is 11.5 Å². The van der Waals surface area contributed by atoms with Crippen LogP contribution in [-0.2, 0) is 0 Å². The zero-order chi connectivity index (χ0) is 12.1. The Morgan fingerprint density at radius 1 is 1.44 bits per heavy atom. The van der Waals surface area contributed by atoms with Crippen molar-refractivity contribution >= 4 is 17.3 Å². The molecule has 88 valence electrons. The van der Waals surface area contributed by atoms with Gasteiger partial charge in [0, 0.05) is 13.6 Å². The van der Waals surface area contributed by atoms with Gasteiger partial charge in [-0.15, -0.1) is 0 Å². The molecular weight excluding hydrogens is 202 g/mol. The van der Waals surface area contributed by atoms with Crippen LogP contribution in [0.3, 0.4) is 0 Å². The zero-order valence-corrected chi connectivity index (χ0v) is 9.86. The van der Waals surface area contributed by atoms with Gasteiger partial charge >= 0.3 is 0 Å². The van der Waals surface area contributed by atoms with Crippen molar-refractivity contribution in [3.05, 3.63) is 23.8 Å². The molecule has 0 aromatic heterocycles. The minimum Gasteiger partial charge on any atom is -0.397 e. The number of hydrogen-bond donors (Lipinski definition) is 2. The lowest BCUT2D eigenvalue weighted by molar-refractivity contribution is 0.100. The number of hydrogen-bond acceptors (Lipinski definition) is 3. The highest BCUT2D eigenvalue weighted by Crippen LogP contribution is 2.26.